The Labute approximate surface area is 138 Å². The van der Waals surface area contributed by atoms with Gasteiger partial charge in [0, 0.05) is 5.56 Å². The van der Waals surface area contributed by atoms with Crippen LogP contribution >= 0.6 is 0 Å². The van der Waals surface area contributed by atoms with Gasteiger partial charge in [0.2, 0.25) is 11.7 Å². The van der Waals surface area contributed by atoms with Gasteiger partial charge < -0.3 is 25.3 Å². The Morgan fingerprint density at radius 3 is 2.58 bits per heavy atom. The number of methoxy groups -OCH3 is 3. The van der Waals surface area contributed by atoms with Crippen molar-refractivity contribution in [2.45, 2.75) is 6.04 Å². The van der Waals surface area contributed by atoms with Gasteiger partial charge in [0.05, 0.1) is 32.9 Å². The molecule has 9 nitrogen and oxygen atoms in total. The van der Waals surface area contributed by atoms with Crippen molar-refractivity contribution < 1.29 is 14.2 Å². The van der Waals surface area contributed by atoms with E-state index in [2.05, 4.69) is 21.5 Å². The van der Waals surface area contributed by atoms with Crippen LogP contribution in [-0.2, 0) is 0 Å². The van der Waals surface area contributed by atoms with Crippen LogP contribution in [0.15, 0.2) is 24.0 Å². The topological polar surface area (TPSA) is 120 Å². The second kappa shape index (κ2) is 6.00. The molecule has 0 saturated heterocycles. The van der Waals surface area contributed by atoms with Gasteiger partial charge in [-0.2, -0.15) is 20.0 Å². The Balaban J connectivity index is 2.19. The number of nitrogens with two attached hydrogens (primary N) is 1. The van der Waals surface area contributed by atoms with Crippen LogP contribution in [0.25, 0.3) is 5.82 Å². The van der Waals surface area contributed by atoms with Crippen LogP contribution in [0.1, 0.15) is 11.6 Å². The van der Waals surface area contributed by atoms with E-state index in [-0.39, 0.29) is 5.82 Å². The summed E-state index contributed by atoms with van der Waals surface area (Å²) in [7, 11) is 4.58. The molecule has 1 aliphatic heterocycles. The largest absolute Gasteiger partial charge is 0.493 e. The molecule has 2 heterocycles. The zero-order valence-electron chi connectivity index (χ0n) is 13.4. The van der Waals surface area contributed by atoms with Crippen molar-refractivity contribution >= 4 is 11.8 Å². The summed E-state index contributed by atoms with van der Waals surface area (Å²) in [5, 5.41) is 16.7. The maximum Gasteiger partial charge on any atom is 0.228 e. The zero-order valence-corrected chi connectivity index (χ0v) is 13.4. The lowest BCUT2D eigenvalue weighted by Crippen LogP contribution is -2.27. The quantitative estimate of drug-likeness (QED) is 0.856. The van der Waals surface area contributed by atoms with Gasteiger partial charge in [0.15, 0.2) is 11.5 Å². The molecule has 0 aliphatic carbocycles. The first-order valence-electron chi connectivity index (χ1n) is 7.01. The van der Waals surface area contributed by atoms with Crippen LogP contribution in [0.4, 0.5) is 5.95 Å². The molecular formula is C15H16N6O3. The number of fused-ring (bicyclic) bond motifs is 1. The van der Waals surface area contributed by atoms with Crippen molar-refractivity contribution in [2.75, 3.05) is 26.6 Å². The third-order valence-corrected chi connectivity index (χ3v) is 3.78. The molecular weight excluding hydrogens is 312 g/mol. The fraction of sp³-hybridized carbons (Fsp3) is 0.267. The van der Waals surface area contributed by atoms with Crippen LogP contribution in [0, 0.1) is 11.3 Å². The highest BCUT2D eigenvalue weighted by atomic mass is 16.5. The summed E-state index contributed by atoms with van der Waals surface area (Å²) in [6, 6.07) is 5.10. The molecule has 3 N–H and O–H groups in total. The summed E-state index contributed by atoms with van der Waals surface area (Å²) >= 11 is 0. The van der Waals surface area contributed by atoms with Gasteiger partial charge in [-0.3, -0.25) is 0 Å². The van der Waals surface area contributed by atoms with E-state index in [9.17, 15) is 5.26 Å². The van der Waals surface area contributed by atoms with Crippen molar-refractivity contribution in [2.24, 2.45) is 5.73 Å². The average Bonchev–Trinajstić information content (AvgIpc) is 3.09. The third kappa shape index (κ3) is 2.16. The van der Waals surface area contributed by atoms with Crippen LogP contribution < -0.4 is 25.3 Å². The number of nitrogens with one attached hydrogen (secondary N) is 1. The fourth-order valence-electron chi connectivity index (χ4n) is 2.69. The number of nitrogens with zero attached hydrogens (tertiary/aromatic N) is 4. The van der Waals surface area contributed by atoms with E-state index in [1.807, 2.05) is 0 Å². The van der Waals surface area contributed by atoms with Gasteiger partial charge in [-0.25, -0.2) is 0 Å². The predicted octanol–water partition coefficient (Wildman–Crippen LogP) is 1.12. The number of ether oxygens (including phenoxy) is 3. The lowest BCUT2D eigenvalue weighted by Gasteiger charge is -2.27. The van der Waals surface area contributed by atoms with Crippen molar-refractivity contribution in [1.29, 1.82) is 5.26 Å². The summed E-state index contributed by atoms with van der Waals surface area (Å²) in [6.07, 6.45) is 1.36. The van der Waals surface area contributed by atoms with Gasteiger partial charge in [-0.15, -0.1) is 0 Å². The molecule has 124 valence electrons. The highest BCUT2D eigenvalue weighted by molar-refractivity contribution is 5.68. The summed E-state index contributed by atoms with van der Waals surface area (Å²) in [6.45, 7) is 0. The van der Waals surface area contributed by atoms with Crippen molar-refractivity contribution in [3.05, 3.63) is 29.6 Å². The average molecular weight is 328 g/mol. The molecule has 0 bridgehead atoms. The standard InChI is InChI=1S/C15H16N6O3/c1-22-10-5-4-8(12(23-2)13(10)24-3)11-9(6-16)14(17)21-15(20-11)18-7-19-21/h4-5,7,11H,17H2,1-3H3,(H,18,19,20)/t11-/m0/s1. The normalized spacial score (nSPS) is 16.0. The van der Waals surface area contributed by atoms with Crippen molar-refractivity contribution in [1.82, 2.24) is 14.8 Å². The number of hydrogen-bond donors (Lipinski definition) is 2. The van der Waals surface area contributed by atoms with E-state index in [1.165, 1.54) is 32.3 Å². The predicted molar refractivity (Wildman–Crippen MR) is 85.5 cm³/mol. The summed E-state index contributed by atoms with van der Waals surface area (Å²) in [5.41, 5.74) is 7.05. The third-order valence-electron chi connectivity index (χ3n) is 3.78. The molecule has 1 aromatic heterocycles. The van der Waals surface area contributed by atoms with E-state index in [0.29, 0.717) is 34.3 Å². The minimum atomic E-state index is -0.554. The first-order chi connectivity index (χ1) is 11.7. The van der Waals surface area contributed by atoms with E-state index < -0.39 is 6.04 Å². The van der Waals surface area contributed by atoms with Gasteiger partial charge in [0.25, 0.3) is 0 Å². The van der Waals surface area contributed by atoms with Crippen LogP contribution in [0.2, 0.25) is 0 Å². The van der Waals surface area contributed by atoms with E-state index in [0.717, 1.165) is 0 Å². The highest BCUT2D eigenvalue weighted by Crippen LogP contribution is 2.45. The Morgan fingerprint density at radius 2 is 1.96 bits per heavy atom. The maximum absolute atomic E-state index is 9.56. The van der Waals surface area contributed by atoms with Crippen LogP contribution in [-0.4, -0.2) is 36.1 Å². The summed E-state index contributed by atoms with van der Waals surface area (Å²) in [5.74, 6) is 2.05. The van der Waals surface area contributed by atoms with Crippen molar-refractivity contribution in [3.63, 3.8) is 0 Å². The lowest BCUT2D eigenvalue weighted by atomic mass is 9.96. The number of nitriles is 1. The minimum Gasteiger partial charge on any atom is -0.493 e. The Hall–Kier alpha value is -3.41. The first kappa shape index (κ1) is 15.5. The highest BCUT2D eigenvalue weighted by Gasteiger charge is 2.32. The van der Waals surface area contributed by atoms with Crippen LogP contribution in [0.5, 0.6) is 17.2 Å². The molecule has 2 aromatic rings. The zero-order chi connectivity index (χ0) is 17.3. The molecule has 24 heavy (non-hydrogen) atoms. The molecule has 0 radical (unpaired) electrons. The van der Waals surface area contributed by atoms with E-state index in [1.54, 1.807) is 12.1 Å². The molecule has 0 spiro atoms. The van der Waals surface area contributed by atoms with Gasteiger partial charge >= 0.3 is 0 Å². The molecule has 9 heteroatoms. The van der Waals surface area contributed by atoms with Crippen LogP contribution in [0.3, 0.4) is 0 Å². The fourth-order valence-corrected chi connectivity index (χ4v) is 2.69. The Bertz CT molecular complexity index is 851. The summed E-state index contributed by atoms with van der Waals surface area (Å²) in [4.78, 5) is 4.10. The summed E-state index contributed by atoms with van der Waals surface area (Å²) < 4.78 is 17.6. The molecule has 0 fully saturated rings. The molecule has 1 atom stereocenters. The maximum atomic E-state index is 9.56. The second-order valence-electron chi connectivity index (χ2n) is 4.91. The van der Waals surface area contributed by atoms with E-state index >= 15 is 0 Å². The number of benzene rings is 1. The molecule has 3 rings (SSSR count). The Morgan fingerprint density at radius 1 is 1.21 bits per heavy atom. The van der Waals surface area contributed by atoms with Gasteiger partial charge in [-0.05, 0) is 12.1 Å². The molecule has 0 amide bonds. The minimum absolute atomic E-state index is 0.214. The van der Waals surface area contributed by atoms with E-state index in [4.69, 9.17) is 19.9 Å². The number of aromatic nitrogens is 3. The second-order valence-corrected chi connectivity index (χ2v) is 4.91. The van der Waals surface area contributed by atoms with Gasteiger partial charge in [0.1, 0.15) is 18.2 Å². The smallest absolute Gasteiger partial charge is 0.228 e. The number of hydrogen-bond acceptors (Lipinski definition) is 8. The Kier molecular flexibility index (Phi) is 3.87. The van der Waals surface area contributed by atoms with Gasteiger partial charge in [-0.1, -0.05) is 0 Å². The SMILES string of the molecule is COc1ccc([C@@H]2Nc3ncnn3C(N)=C2C#N)c(OC)c1OC. The van der Waals surface area contributed by atoms with Crippen molar-refractivity contribution in [3.8, 4) is 23.3 Å². The molecule has 0 saturated carbocycles. The lowest BCUT2D eigenvalue weighted by molar-refractivity contribution is 0.321. The first-order valence-corrected chi connectivity index (χ1v) is 7.01. The monoisotopic (exact) mass is 328 g/mol. The number of anilines is 1. The molecule has 1 aromatic carbocycles. The molecule has 1 aliphatic rings. The number of rotatable bonds is 4. The molecule has 0 unspecified atom stereocenters.